The maximum Gasteiger partial charge on any atom is 0.335 e. The summed E-state index contributed by atoms with van der Waals surface area (Å²) in [5.41, 5.74) is -0.0372. The fourth-order valence-corrected chi connectivity index (χ4v) is 1.92. The van der Waals surface area contributed by atoms with Crippen molar-refractivity contribution in [3.8, 4) is 0 Å². The second-order valence-corrected chi connectivity index (χ2v) is 4.54. The molecule has 0 saturated heterocycles. The Morgan fingerprint density at radius 3 is 1.27 bits per heavy atom. The molecule has 0 bridgehead atoms. The van der Waals surface area contributed by atoms with E-state index in [4.69, 9.17) is 10.2 Å². The molecule has 3 aromatic rings. The fourth-order valence-electron chi connectivity index (χ4n) is 1.92. The lowest BCUT2D eigenvalue weighted by molar-refractivity contribution is 0.0696. The summed E-state index contributed by atoms with van der Waals surface area (Å²) in [4.78, 5) is 20.8. The molecule has 0 spiro atoms. The number of carboxylic acids is 2. The molecule has 110 valence electrons. The van der Waals surface area contributed by atoms with Crippen molar-refractivity contribution in [2.45, 2.75) is 0 Å². The van der Waals surface area contributed by atoms with Gasteiger partial charge in [-0.1, -0.05) is 54.6 Å². The predicted octanol–water partition coefficient (Wildman–Crippen LogP) is 3.92. The van der Waals surface area contributed by atoms with Gasteiger partial charge < -0.3 is 10.2 Å². The molecule has 0 heterocycles. The van der Waals surface area contributed by atoms with E-state index in [0.717, 1.165) is 6.07 Å². The molecule has 3 aromatic carbocycles. The zero-order valence-electron chi connectivity index (χ0n) is 11.6. The molecule has 3 rings (SSSR count). The van der Waals surface area contributed by atoms with Gasteiger partial charge in [0.2, 0.25) is 0 Å². The number of aromatic carboxylic acids is 2. The molecule has 0 aliphatic carbocycles. The first-order valence-electron chi connectivity index (χ1n) is 6.58. The highest BCUT2D eigenvalue weighted by atomic mass is 16.4. The zero-order valence-corrected chi connectivity index (χ0v) is 11.6. The molecule has 0 aromatic heterocycles. The standard InChI is InChI=1S/C10H8.C8H6O4/c1-2-6-10-8-4-3-7-9(10)5-1;9-7(10)5-2-1-3-6(4-5)8(11)12/h1-8H;1-4H,(H,9,10)(H,11,12). The molecule has 0 fully saturated rings. The van der Waals surface area contributed by atoms with Gasteiger partial charge in [0.05, 0.1) is 11.1 Å². The highest BCUT2D eigenvalue weighted by Gasteiger charge is 2.06. The first-order valence-corrected chi connectivity index (χ1v) is 6.58. The van der Waals surface area contributed by atoms with Crippen molar-refractivity contribution < 1.29 is 19.8 Å². The highest BCUT2D eigenvalue weighted by Crippen LogP contribution is 2.11. The molecule has 0 radical (unpaired) electrons. The van der Waals surface area contributed by atoms with E-state index in [1.165, 1.54) is 29.0 Å². The highest BCUT2D eigenvalue weighted by molar-refractivity contribution is 5.93. The van der Waals surface area contributed by atoms with Crippen molar-refractivity contribution >= 4 is 22.7 Å². The van der Waals surface area contributed by atoms with E-state index in [-0.39, 0.29) is 11.1 Å². The number of carboxylic acid groups (broad SMARTS) is 2. The molecular formula is C18H14O4. The van der Waals surface area contributed by atoms with Crippen molar-refractivity contribution in [3.05, 3.63) is 83.9 Å². The van der Waals surface area contributed by atoms with E-state index in [0.29, 0.717) is 0 Å². The Balaban J connectivity index is 0.000000162. The van der Waals surface area contributed by atoms with Crippen LogP contribution < -0.4 is 0 Å². The van der Waals surface area contributed by atoms with Gasteiger partial charge in [-0.05, 0) is 29.0 Å². The van der Waals surface area contributed by atoms with Gasteiger partial charge in [-0.25, -0.2) is 9.59 Å². The van der Waals surface area contributed by atoms with Crippen LogP contribution in [0.2, 0.25) is 0 Å². The average molecular weight is 294 g/mol. The van der Waals surface area contributed by atoms with Gasteiger partial charge in [0, 0.05) is 0 Å². The largest absolute Gasteiger partial charge is 0.478 e. The maximum absolute atomic E-state index is 10.4. The summed E-state index contributed by atoms with van der Waals surface area (Å²) in [7, 11) is 0. The Morgan fingerprint density at radius 1 is 0.591 bits per heavy atom. The fraction of sp³-hybridized carbons (Fsp3) is 0. The Kier molecular flexibility index (Phi) is 4.88. The van der Waals surface area contributed by atoms with Crippen LogP contribution in [0.25, 0.3) is 10.8 Å². The van der Waals surface area contributed by atoms with Crippen LogP contribution in [0, 0.1) is 0 Å². The van der Waals surface area contributed by atoms with Crippen molar-refractivity contribution in [3.63, 3.8) is 0 Å². The monoisotopic (exact) mass is 294 g/mol. The number of carbonyl (C=O) groups is 2. The lowest BCUT2D eigenvalue weighted by Gasteiger charge is -1.95. The number of benzene rings is 3. The normalized spacial score (nSPS) is 9.64. The minimum Gasteiger partial charge on any atom is -0.478 e. The molecule has 4 heteroatoms. The Morgan fingerprint density at radius 2 is 0.955 bits per heavy atom. The first-order chi connectivity index (χ1) is 10.6. The number of fused-ring (bicyclic) bond motifs is 1. The average Bonchev–Trinajstić information content (AvgIpc) is 2.55. The molecule has 0 aliphatic rings. The summed E-state index contributed by atoms with van der Waals surface area (Å²) in [6.07, 6.45) is 0. The van der Waals surface area contributed by atoms with Crippen molar-refractivity contribution in [1.29, 1.82) is 0 Å². The third-order valence-electron chi connectivity index (χ3n) is 3.02. The van der Waals surface area contributed by atoms with E-state index >= 15 is 0 Å². The summed E-state index contributed by atoms with van der Waals surface area (Å²) in [5.74, 6) is -2.25. The van der Waals surface area contributed by atoms with Crippen molar-refractivity contribution in [2.75, 3.05) is 0 Å². The van der Waals surface area contributed by atoms with E-state index in [1.54, 1.807) is 0 Å². The second kappa shape index (κ2) is 7.04. The Bertz CT molecular complexity index is 714. The van der Waals surface area contributed by atoms with Gasteiger partial charge in [0.15, 0.2) is 0 Å². The minimum atomic E-state index is -1.13. The van der Waals surface area contributed by atoms with Crippen molar-refractivity contribution in [2.24, 2.45) is 0 Å². The van der Waals surface area contributed by atoms with E-state index in [1.807, 2.05) is 0 Å². The van der Waals surface area contributed by atoms with Crippen molar-refractivity contribution in [1.82, 2.24) is 0 Å². The summed E-state index contributed by atoms with van der Waals surface area (Å²) >= 11 is 0. The molecular weight excluding hydrogens is 280 g/mol. The van der Waals surface area contributed by atoms with Crippen LogP contribution in [-0.4, -0.2) is 22.2 Å². The Hall–Kier alpha value is -3.14. The zero-order chi connectivity index (χ0) is 15.9. The predicted molar refractivity (Wildman–Crippen MR) is 84.3 cm³/mol. The minimum absolute atomic E-state index is 0.0186. The smallest absolute Gasteiger partial charge is 0.335 e. The van der Waals surface area contributed by atoms with Crippen LogP contribution in [-0.2, 0) is 0 Å². The lowest BCUT2D eigenvalue weighted by Crippen LogP contribution is -2.01. The Labute approximate surface area is 127 Å². The molecule has 0 unspecified atom stereocenters. The maximum atomic E-state index is 10.4. The summed E-state index contributed by atoms with van der Waals surface area (Å²) in [6.45, 7) is 0. The van der Waals surface area contributed by atoms with Crippen LogP contribution in [0.15, 0.2) is 72.8 Å². The summed E-state index contributed by atoms with van der Waals surface area (Å²) < 4.78 is 0. The third-order valence-corrected chi connectivity index (χ3v) is 3.02. The van der Waals surface area contributed by atoms with Gasteiger partial charge >= 0.3 is 11.9 Å². The molecule has 22 heavy (non-hydrogen) atoms. The molecule has 4 nitrogen and oxygen atoms in total. The third kappa shape index (κ3) is 3.93. The van der Waals surface area contributed by atoms with E-state index in [9.17, 15) is 9.59 Å². The van der Waals surface area contributed by atoms with Gasteiger partial charge in [-0.2, -0.15) is 0 Å². The summed E-state index contributed by atoms with van der Waals surface area (Å²) in [5, 5.41) is 19.6. The molecule has 2 N–H and O–H groups in total. The van der Waals surface area contributed by atoms with Crippen LogP contribution in [0.1, 0.15) is 20.7 Å². The molecule has 0 amide bonds. The molecule has 0 atom stereocenters. The van der Waals surface area contributed by atoms with Crippen LogP contribution in [0.4, 0.5) is 0 Å². The van der Waals surface area contributed by atoms with Gasteiger partial charge in [0.25, 0.3) is 0 Å². The topological polar surface area (TPSA) is 74.6 Å². The van der Waals surface area contributed by atoms with Crippen LogP contribution in [0.3, 0.4) is 0 Å². The lowest BCUT2D eigenvalue weighted by atomic mass is 10.1. The van der Waals surface area contributed by atoms with E-state index in [2.05, 4.69) is 48.5 Å². The van der Waals surface area contributed by atoms with E-state index < -0.39 is 11.9 Å². The van der Waals surface area contributed by atoms with Gasteiger partial charge in [0.1, 0.15) is 0 Å². The molecule has 0 saturated carbocycles. The SMILES string of the molecule is O=C(O)c1cccc(C(=O)O)c1.c1ccc2ccccc2c1. The summed E-state index contributed by atoms with van der Waals surface area (Å²) in [6, 6.07) is 21.9. The van der Waals surface area contributed by atoms with Gasteiger partial charge in [-0.3, -0.25) is 0 Å². The first kappa shape index (κ1) is 15.3. The second-order valence-electron chi connectivity index (χ2n) is 4.54. The van der Waals surface area contributed by atoms with Gasteiger partial charge in [-0.15, -0.1) is 0 Å². The van der Waals surface area contributed by atoms with Crippen LogP contribution in [0.5, 0.6) is 0 Å². The number of hydrogen-bond acceptors (Lipinski definition) is 2. The van der Waals surface area contributed by atoms with Crippen LogP contribution >= 0.6 is 0 Å². The molecule has 0 aliphatic heterocycles. The number of rotatable bonds is 2. The number of hydrogen-bond donors (Lipinski definition) is 2. The quantitative estimate of drug-likeness (QED) is 0.751.